The fraction of sp³-hybridized carbons (Fsp3) is 0.619. The van der Waals surface area contributed by atoms with Gasteiger partial charge in [-0.3, -0.25) is 14.5 Å². The molecule has 0 bridgehead atoms. The fourth-order valence-corrected chi connectivity index (χ4v) is 4.75. The van der Waals surface area contributed by atoms with Crippen LogP contribution >= 0.6 is 0 Å². The Bertz CT molecular complexity index is 700. The Morgan fingerprint density at radius 3 is 2.65 bits per heavy atom. The Hall–Kier alpha value is -1.88. The minimum absolute atomic E-state index is 0.0527. The summed E-state index contributed by atoms with van der Waals surface area (Å²) in [7, 11) is 0. The van der Waals surface area contributed by atoms with Crippen LogP contribution < -0.4 is 10.6 Å². The van der Waals surface area contributed by atoms with Crippen molar-refractivity contribution in [3.63, 3.8) is 0 Å². The Labute approximate surface area is 155 Å². The lowest BCUT2D eigenvalue weighted by Crippen LogP contribution is -2.57. The van der Waals surface area contributed by atoms with Gasteiger partial charge in [0, 0.05) is 24.2 Å². The lowest BCUT2D eigenvalue weighted by molar-refractivity contribution is -0.131. The van der Waals surface area contributed by atoms with Gasteiger partial charge in [0.05, 0.1) is 6.04 Å². The summed E-state index contributed by atoms with van der Waals surface area (Å²) in [6.45, 7) is 4.06. The van der Waals surface area contributed by atoms with Crippen LogP contribution in [-0.2, 0) is 17.6 Å². The third kappa shape index (κ3) is 3.37. The number of fused-ring (bicyclic) bond motifs is 1. The van der Waals surface area contributed by atoms with Crippen molar-refractivity contribution < 1.29 is 9.59 Å². The van der Waals surface area contributed by atoms with E-state index in [2.05, 4.69) is 28.5 Å². The highest BCUT2D eigenvalue weighted by Crippen LogP contribution is 2.26. The van der Waals surface area contributed by atoms with Crippen LogP contribution in [0.3, 0.4) is 0 Å². The number of nitrogens with one attached hydrogen (secondary N) is 2. The summed E-state index contributed by atoms with van der Waals surface area (Å²) < 4.78 is 0. The quantitative estimate of drug-likeness (QED) is 0.850. The van der Waals surface area contributed by atoms with Gasteiger partial charge in [-0.2, -0.15) is 0 Å². The molecule has 140 valence electrons. The van der Waals surface area contributed by atoms with Crippen molar-refractivity contribution >= 4 is 11.8 Å². The minimum atomic E-state index is 0.0527. The van der Waals surface area contributed by atoms with Gasteiger partial charge in [-0.1, -0.05) is 19.1 Å². The number of likely N-dealkylation sites (N-methyl/N-ethyl adjacent to an activating group) is 1. The van der Waals surface area contributed by atoms with Gasteiger partial charge < -0.3 is 10.6 Å². The summed E-state index contributed by atoms with van der Waals surface area (Å²) in [5.41, 5.74) is 3.41. The number of aryl methyl sites for hydroxylation is 1. The molecule has 4 rings (SSSR count). The molecular formula is C21H29N3O2. The highest BCUT2D eigenvalue weighted by Gasteiger charge is 2.35. The van der Waals surface area contributed by atoms with Crippen LogP contribution in [0.2, 0.25) is 0 Å². The second-order valence-electron chi connectivity index (χ2n) is 7.92. The smallest absolute Gasteiger partial charge is 0.251 e. The van der Waals surface area contributed by atoms with Gasteiger partial charge in [-0.15, -0.1) is 0 Å². The van der Waals surface area contributed by atoms with E-state index < -0.39 is 0 Å². The summed E-state index contributed by atoms with van der Waals surface area (Å²) >= 11 is 0. The summed E-state index contributed by atoms with van der Waals surface area (Å²) in [4.78, 5) is 27.3. The first-order valence-electron chi connectivity index (χ1n) is 10.1. The van der Waals surface area contributed by atoms with Gasteiger partial charge in [0.1, 0.15) is 0 Å². The fourth-order valence-electron chi connectivity index (χ4n) is 4.75. The van der Waals surface area contributed by atoms with Crippen molar-refractivity contribution in [3.8, 4) is 0 Å². The molecule has 1 saturated heterocycles. The molecule has 2 N–H and O–H groups in total. The maximum atomic E-state index is 12.7. The number of amides is 2. The van der Waals surface area contributed by atoms with E-state index in [1.54, 1.807) is 0 Å². The lowest BCUT2D eigenvalue weighted by Gasteiger charge is -2.39. The van der Waals surface area contributed by atoms with E-state index in [1.165, 1.54) is 11.1 Å². The first kappa shape index (κ1) is 17.5. The molecule has 2 aliphatic carbocycles. The molecular weight excluding hydrogens is 326 g/mol. The maximum Gasteiger partial charge on any atom is 0.251 e. The molecule has 3 atom stereocenters. The zero-order valence-corrected chi connectivity index (χ0v) is 15.6. The van der Waals surface area contributed by atoms with Crippen LogP contribution in [0.5, 0.6) is 0 Å². The second kappa shape index (κ2) is 7.39. The van der Waals surface area contributed by atoms with Crippen LogP contribution in [0.15, 0.2) is 18.2 Å². The zero-order chi connectivity index (χ0) is 18.1. The normalized spacial score (nSPS) is 27.7. The van der Waals surface area contributed by atoms with Crippen LogP contribution in [-0.4, -0.2) is 47.9 Å². The highest BCUT2D eigenvalue weighted by atomic mass is 16.2. The van der Waals surface area contributed by atoms with Gasteiger partial charge in [0.25, 0.3) is 5.91 Å². The molecule has 0 spiro atoms. The van der Waals surface area contributed by atoms with Crippen molar-refractivity contribution in [1.29, 1.82) is 0 Å². The van der Waals surface area contributed by atoms with Crippen molar-refractivity contribution in [3.05, 3.63) is 34.9 Å². The van der Waals surface area contributed by atoms with Crippen LogP contribution in [0.1, 0.15) is 60.5 Å². The van der Waals surface area contributed by atoms with Crippen LogP contribution in [0, 0.1) is 0 Å². The summed E-state index contributed by atoms with van der Waals surface area (Å²) in [6.07, 6.45) is 6.93. The average molecular weight is 355 g/mol. The lowest BCUT2D eigenvalue weighted by atomic mass is 10.0. The molecule has 1 unspecified atom stereocenters. The van der Waals surface area contributed by atoms with E-state index in [0.29, 0.717) is 0 Å². The molecule has 0 radical (unpaired) electrons. The van der Waals surface area contributed by atoms with Gasteiger partial charge >= 0.3 is 0 Å². The molecule has 5 heteroatoms. The van der Waals surface area contributed by atoms with Crippen LogP contribution in [0.4, 0.5) is 0 Å². The third-order valence-electron chi connectivity index (χ3n) is 6.34. The summed E-state index contributed by atoms with van der Waals surface area (Å²) in [5.74, 6) is 0.216. The van der Waals surface area contributed by atoms with Crippen LogP contribution in [0.25, 0.3) is 0 Å². The molecule has 1 aliphatic heterocycles. The zero-order valence-electron chi connectivity index (χ0n) is 15.6. The number of carbonyl (C=O) groups excluding carboxylic acids is 2. The number of likely N-dealkylation sites (tertiary alicyclic amines) is 1. The van der Waals surface area contributed by atoms with E-state index in [9.17, 15) is 9.59 Å². The SMILES string of the molecule is CCN1CCC1C(=O)N[C@@H]1CC[C@H](NC(=O)c2cccc3c2CCC3)C1. The third-order valence-corrected chi connectivity index (χ3v) is 6.34. The van der Waals surface area contributed by atoms with Gasteiger partial charge in [-0.05, 0) is 68.7 Å². The monoisotopic (exact) mass is 355 g/mol. The Balaban J connectivity index is 1.30. The molecule has 0 aromatic heterocycles. The Kier molecular flexibility index (Phi) is 4.98. The average Bonchev–Trinajstić information content (AvgIpc) is 3.23. The second-order valence-corrected chi connectivity index (χ2v) is 7.92. The van der Waals surface area contributed by atoms with Crippen molar-refractivity contribution in [2.45, 2.75) is 70.0 Å². The molecule has 1 heterocycles. The van der Waals surface area contributed by atoms with Gasteiger partial charge in [0.15, 0.2) is 0 Å². The van der Waals surface area contributed by atoms with E-state index in [-0.39, 0.29) is 29.9 Å². The number of hydrogen-bond donors (Lipinski definition) is 2. The molecule has 1 aromatic rings. The molecule has 2 fully saturated rings. The number of carbonyl (C=O) groups is 2. The predicted octanol–water partition coefficient (Wildman–Crippen LogP) is 2.04. The number of nitrogens with zero attached hydrogens (tertiary/aromatic N) is 1. The molecule has 1 aromatic carbocycles. The standard InChI is InChI=1S/C21H29N3O2/c1-2-24-12-11-19(24)21(26)23-16-10-9-15(13-16)22-20(25)18-8-4-6-14-5-3-7-17(14)18/h4,6,8,15-16,19H,2-3,5,7,9-13H2,1H3,(H,22,25)(H,23,26)/t15-,16+,19?/m0/s1. The van der Waals surface area contributed by atoms with Gasteiger partial charge in [-0.25, -0.2) is 0 Å². The van der Waals surface area contributed by atoms with Crippen molar-refractivity contribution in [1.82, 2.24) is 15.5 Å². The predicted molar refractivity (Wildman–Crippen MR) is 101 cm³/mol. The van der Waals surface area contributed by atoms with Crippen molar-refractivity contribution in [2.75, 3.05) is 13.1 Å². The molecule has 5 nitrogen and oxygen atoms in total. The highest BCUT2D eigenvalue weighted by molar-refractivity contribution is 5.96. The first-order valence-corrected chi connectivity index (χ1v) is 10.1. The Morgan fingerprint density at radius 1 is 1.12 bits per heavy atom. The van der Waals surface area contributed by atoms with E-state index >= 15 is 0 Å². The molecule has 1 saturated carbocycles. The summed E-state index contributed by atoms with van der Waals surface area (Å²) in [5, 5.41) is 6.40. The Morgan fingerprint density at radius 2 is 1.92 bits per heavy atom. The largest absolute Gasteiger partial charge is 0.352 e. The number of benzene rings is 1. The minimum Gasteiger partial charge on any atom is -0.352 e. The van der Waals surface area contributed by atoms with E-state index in [4.69, 9.17) is 0 Å². The summed E-state index contributed by atoms with van der Waals surface area (Å²) in [6, 6.07) is 6.49. The molecule has 26 heavy (non-hydrogen) atoms. The molecule has 3 aliphatic rings. The first-order chi connectivity index (χ1) is 12.7. The van der Waals surface area contributed by atoms with Gasteiger partial charge in [0.2, 0.25) is 5.91 Å². The maximum absolute atomic E-state index is 12.7. The number of hydrogen-bond acceptors (Lipinski definition) is 3. The number of rotatable bonds is 5. The topological polar surface area (TPSA) is 61.4 Å². The molecule has 2 amide bonds. The van der Waals surface area contributed by atoms with E-state index in [0.717, 1.165) is 63.6 Å². The van der Waals surface area contributed by atoms with Crippen molar-refractivity contribution in [2.24, 2.45) is 0 Å². The van der Waals surface area contributed by atoms with E-state index in [1.807, 2.05) is 12.1 Å².